The molecule has 0 spiro atoms. The highest BCUT2D eigenvalue weighted by Crippen LogP contribution is 2.28. The molecule has 0 aromatic heterocycles. The summed E-state index contributed by atoms with van der Waals surface area (Å²) in [7, 11) is 1.71. The maximum absolute atomic E-state index is 12.4. The fourth-order valence-electron chi connectivity index (χ4n) is 2.75. The summed E-state index contributed by atoms with van der Waals surface area (Å²) in [4.78, 5) is 14.5. The first-order valence-corrected chi connectivity index (χ1v) is 7.76. The summed E-state index contributed by atoms with van der Waals surface area (Å²) in [5.41, 5.74) is 0. The number of carbonyl (C=O) groups excluding carboxylic acids is 1. The summed E-state index contributed by atoms with van der Waals surface area (Å²) in [5.74, 6) is 0.318. The SMILES string of the molecule is COC(C)CCC(=O)N(CC1CCCCN1)C1CC1. The summed E-state index contributed by atoms with van der Waals surface area (Å²) >= 11 is 0. The standard InChI is InChI=1S/C15H28N2O2/c1-12(19-2)6-9-15(18)17(14-7-8-14)11-13-5-3-4-10-16-13/h12-14,16H,3-11H2,1-2H3. The zero-order valence-corrected chi connectivity index (χ0v) is 12.4. The molecule has 2 unspecified atom stereocenters. The predicted octanol–water partition coefficient (Wildman–Crippen LogP) is 1.93. The number of nitrogens with zero attached hydrogens (tertiary/aromatic N) is 1. The molecule has 1 saturated carbocycles. The normalized spacial score (nSPS) is 25.1. The van der Waals surface area contributed by atoms with Crippen LogP contribution in [0.25, 0.3) is 0 Å². The number of rotatable bonds is 7. The Kier molecular flexibility index (Phi) is 5.64. The Hall–Kier alpha value is -0.610. The minimum absolute atomic E-state index is 0.179. The van der Waals surface area contributed by atoms with E-state index in [9.17, 15) is 4.79 Å². The van der Waals surface area contributed by atoms with Crippen molar-refractivity contribution in [2.45, 2.75) is 70.1 Å². The van der Waals surface area contributed by atoms with E-state index in [-0.39, 0.29) is 6.10 Å². The quantitative estimate of drug-likeness (QED) is 0.767. The minimum Gasteiger partial charge on any atom is -0.382 e. The summed E-state index contributed by atoms with van der Waals surface area (Å²) < 4.78 is 5.22. The van der Waals surface area contributed by atoms with Crippen molar-refractivity contribution in [1.29, 1.82) is 0 Å². The minimum atomic E-state index is 0.179. The van der Waals surface area contributed by atoms with Crippen molar-refractivity contribution < 1.29 is 9.53 Å². The first kappa shape index (κ1) is 14.8. The van der Waals surface area contributed by atoms with Gasteiger partial charge in [-0.1, -0.05) is 6.42 Å². The second kappa shape index (κ2) is 7.25. The maximum Gasteiger partial charge on any atom is 0.222 e. The van der Waals surface area contributed by atoms with Crippen LogP contribution in [0.15, 0.2) is 0 Å². The molecule has 0 radical (unpaired) electrons. The van der Waals surface area contributed by atoms with Crippen LogP contribution in [-0.4, -0.2) is 49.2 Å². The largest absolute Gasteiger partial charge is 0.382 e. The molecule has 1 saturated heterocycles. The maximum atomic E-state index is 12.4. The number of amides is 1. The molecule has 1 N–H and O–H groups in total. The molecule has 110 valence electrons. The first-order chi connectivity index (χ1) is 9.20. The van der Waals surface area contributed by atoms with Gasteiger partial charge in [-0.25, -0.2) is 0 Å². The summed E-state index contributed by atoms with van der Waals surface area (Å²) in [6.07, 6.45) is 7.80. The molecule has 0 aromatic rings. The number of piperidine rings is 1. The van der Waals surface area contributed by atoms with Gasteiger partial charge in [0.25, 0.3) is 0 Å². The molecule has 1 amide bonds. The van der Waals surface area contributed by atoms with E-state index < -0.39 is 0 Å². The van der Waals surface area contributed by atoms with Crippen molar-refractivity contribution in [2.24, 2.45) is 0 Å². The van der Waals surface area contributed by atoms with Crippen LogP contribution >= 0.6 is 0 Å². The third-order valence-electron chi connectivity index (χ3n) is 4.30. The summed E-state index contributed by atoms with van der Waals surface area (Å²) in [5, 5.41) is 3.54. The van der Waals surface area contributed by atoms with Crippen LogP contribution in [0.4, 0.5) is 0 Å². The molecule has 0 aromatic carbocycles. The molecule has 2 atom stereocenters. The highest BCUT2D eigenvalue weighted by molar-refractivity contribution is 5.77. The van der Waals surface area contributed by atoms with Crippen LogP contribution < -0.4 is 5.32 Å². The van der Waals surface area contributed by atoms with Crippen LogP contribution in [0.2, 0.25) is 0 Å². The Labute approximate surface area is 116 Å². The van der Waals surface area contributed by atoms with Crippen molar-refractivity contribution in [3.8, 4) is 0 Å². The Bertz CT molecular complexity index is 286. The van der Waals surface area contributed by atoms with Gasteiger partial charge in [0.2, 0.25) is 5.91 Å². The Balaban J connectivity index is 1.79. The van der Waals surface area contributed by atoms with Gasteiger partial charge in [-0.05, 0) is 45.6 Å². The first-order valence-electron chi connectivity index (χ1n) is 7.76. The molecule has 1 heterocycles. The van der Waals surface area contributed by atoms with Crippen LogP contribution in [0.3, 0.4) is 0 Å². The van der Waals surface area contributed by atoms with Gasteiger partial charge in [-0.15, -0.1) is 0 Å². The van der Waals surface area contributed by atoms with E-state index in [1.165, 1.54) is 32.1 Å². The van der Waals surface area contributed by atoms with Gasteiger partial charge in [0.1, 0.15) is 0 Å². The van der Waals surface area contributed by atoms with Crippen LogP contribution in [0.1, 0.15) is 51.9 Å². The summed E-state index contributed by atoms with van der Waals surface area (Å²) in [6, 6.07) is 1.03. The average Bonchev–Trinajstić information content (AvgIpc) is 3.27. The lowest BCUT2D eigenvalue weighted by Gasteiger charge is -2.31. The molecule has 1 aliphatic carbocycles. The second-order valence-electron chi connectivity index (χ2n) is 6.01. The average molecular weight is 268 g/mol. The molecular formula is C15H28N2O2. The lowest BCUT2D eigenvalue weighted by atomic mass is 10.0. The van der Waals surface area contributed by atoms with E-state index in [4.69, 9.17) is 4.74 Å². The van der Waals surface area contributed by atoms with Gasteiger partial charge in [-0.3, -0.25) is 4.79 Å². The van der Waals surface area contributed by atoms with Crippen molar-refractivity contribution >= 4 is 5.91 Å². The number of hydrogen-bond acceptors (Lipinski definition) is 3. The summed E-state index contributed by atoms with van der Waals surface area (Å²) in [6.45, 7) is 4.04. The molecule has 2 rings (SSSR count). The van der Waals surface area contributed by atoms with Gasteiger partial charge >= 0.3 is 0 Å². The van der Waals surface area contributed by atoms with Crippen molar-refractivity contribution in [1.82, 2.24) is 10.2 Å². The number of methoxy groups -OCH3 is 1. The van der Waals surface area contributed by atoms with Gasteiger partial charge in [0.05, 0.1) is 6.10 Å². The lowest BCUT2D eigenvalue weighted by molar-refractivity contribution is -0.132. The molecule has 2 fully saturated rings. The number of ether oxygens (including phenoxy) is 1. The van der Waals surface area contributed by atoms with E-state index in [1.54, 1.807) is 7.11 Å². The molecule has 0 bridgehead atoms. The highest BCUT2D eigenvalue weighted by atomic mass is 16.5. The van der Waals surface area contributed by atoms with Gasteiger partial charge in [0.15, 0.2) is 0 Å². The fourth-order valence-corrected chi connectivity index (χ4v) is 2.75. The van der Waals surface area contributed by atoms with Crippen molar-refractivity contribution in [3.63, 3.8) is 0 Å². The second-order valence-corrected chi connectivity index (χ2v) is 6.01. The van der Waals surface area contributed by atoms with E-state index in [0.717, 1.165) is 19.5 Å². The smallest absolute Gasteiger partial charge is 0.222 e. The fraction of sp³-hybridized carbons (Fsp3) is 0.933. The zero-order valence-electron chi connectivity index (χ0n) is 12.4. The van der Waals surface area contributed by atoms with E-state index in [2.05, 4.69) is 10.2 Å². The third-order valence-corrected chi connectivity index (χ3v) is 4.30. The Morgan fingerprint density at radius 2 is 2.16 bits per heavy atom. The molecule has 1 aliphatic heterocycles. The van der Waals surface area contributed by atoms with Gasteiger partial charge in [0, 0.05) is 32.2 Å². The highest BCUT2D eigenvalue weighted by Gasteiger charge is 2.33. The Morgan fingerprint density at radius 1 is 1.37 bits per heavy atom. The number of nitrogens with one attached hydrogen (secondary N) is 1. The van der Waals surface area contributed by atoms with E-state index >= 15 is 0 Å². The molecule has 2 aliphatic rings. The topological polar surface area (TPSA) is 41.6 Å². The van der Waals surface area contributed by atoms with Gasteiger partial charge in [-0.2, -0.15) is 0 Å². The van der Waals surface area contributed by atoms with Crippen molar-refractivity contribution in [2.75, 3.05) is 20.2 Å². The third kappa shape index (κ3) is 4.77. The van der Waals surface area contributed by atoms with E-state index in [1.807, 2.05) is 6.92 Å². The monoisotopic (exact) mass is 268 g/mol. The zero-order chi connectivity index (χ0) is 13.7. The van der Waals surface area contributed by atoms with Gasteiger partial charge < -0.3 is 15.0 Å². The molecular weight excluding hydrogens is 240 g/mol. The molecule has 4 nitrogen and oxygen atoms in total. The molecule has 4 heteroatoms. The van der Waals surface area contributed by atoms with Crippen LogP contribution in [0, 0.1) is 0 Å². The van der Waals surface area contributed by atoms with Crippen LogP contribution in [-0.2, 0) is 9.53 Å². The lowest BCUT2D eigenvalue weighted by Crippen LogP contribution is -2.46. The Morgan fingerprint density at radius 3 is 2.74 bits per heavy atom. The van der Waals surface area contributed by atoms with Crippen LogP contribution in [0.5, 0.6) is 0 Å². The number of hydrogen-bond donors (Lipinski definition) is 1. The predicted molar refractivity (Wildman–Crippen MR) is 76.1 cm³/mol. The van der Waals surface area contributed by atoms with E-state index in [0.29, 0.717) is 24.4 Å². The number of carbonyl (C=O) groups is 1. The van der Waals surface area contributed by atoms with Crippen molar-refractivity contribution in [3.05, 3.63) is 0 Å². The molecule has 19 heavy (non-hydrogen) atoms.